The minimum absolute atomic E-state index is 0. The van der Waals surface area contributed by atoms with Crippen LogP contribution in [0.5, 0.6) is 0 Å². The summed E-state index contributed by atoms with van der Waals surface area (Å²) in [7, 11) is -3.53. The summed E-state index contributed by atoms with van der Waals surface area (Å²) >= 11 is 0. The molecule has 0 aliphatic carbocycles. The van der Waals surface area contributed by atoms with Gasteiger partial charge < -0.3 is 15.4 Å². The van der Waals surface area contributed by atoms with Gasteiger partial charge in [0.1, 0.15) is 6.10 Å². The van der Waals surface area contributed by atoms with E-state index in [0.29, 0.717) is 44.0 Å². The Bertz CT molecular complexity index is 779. The first-order chi connectivity index (χ1) is 12.3. The maximum absolute atomic E-state index is 12.8. The standard InChI is InChI=1S/C18H27N3O4S.ClH/c1-13-3-5-16(11-14(13)2)26(23,24)21-9-7-20(8-10-21)18(22)17-6-4-15(12-19)25-17;/h3,5,11,15,17H,4,6-10,12,19H2,1-2H3;1H/t15-,17+;/m1./s1. The Labute approximate surface area is 167 Å². The van der Waals surface area contributed by atoms with E-state index >= 15 is 0 Å². The van der Waals surface area contributed by atoms with E-state index in [9.17, 15) is 13.2 Å². The summed E-state index contributed by atoms with van der Waals surface area (Å²) in [6.45, 7) is 5.65. The molecule has 0 bridgehead atoms. The Balaban J connectivity index is 0.00000261. The number of hydrogen-bond donors (Lipinski definition) is 1. The summed E-state index contributed by atoms with van der Waals surface area (Å²) in [5.74, 6) is -0.0517. The van der Waals surface area contributed by atoms with Crippen molar-refractivity contribution in [1.82, 2.24) is 9.21 Å². The Morgan fingerprint density at radius 1 is 1.15 bits per heavy atom. The van der Waals surface area contributed by atoms with Crippen molar-refractivity contribution < 1.29 is 17.9 Å². The second-order valence-electron chi connectivity index (χ2n) is 7.04. The number of carbonyl (C=O) groups is 1. The fourth-order valence-corrected chi connectivity index (χ4v) is 4.94. The monoisotopic (exact) mass is 417 g/mol. The fraction of sp³-hybridized carbons (Fsp3) is 0.611. The molecule has 2 aliphatic heterocycles. The zero-order valence-electron chi connectivity index (χ0n) is 15.8. The molecule has 2 N–H and O–H groups in total. The largest absolute Gasteiger partial charge is 0.364 e. The average Bonchev–Trinajstić information content (AvgIpc) is 3.12. The molecule has 3 rings (SSSR count). The van der Waals surface area contributed by atoms with Crippen LogP contribution in [-0.2, 0) is 19.6 Å². The summed E-state index contributed by atoms with van der Waals surface area (Å²) in [6.07, 6.45) is 0.998. The van der Waals surface area contributed by atoms with Gasteiger partial charge in [-0.25, -0.2) is 8.42 Å². The van der Waals surface area contributed by atoms with Gasteiger partial charge in [0.25, 0.3) is 5.91 Å². The highest BCUT2D eigenvalue weighted by Gasteiger charge is 2.36. The SMILES string of the molecule is Cc1ccc(S(=O)(=O)N2CCN(C(=O)[C@@H]3CC[C@H](CN)O3)CC2)cc1C.Cl. The normalized spacial score (nSPS) is 23.9. The van der Waals surface area contributed by atoms with E-state index in [1.54, 1.807) is 17.0 Å². The van der Waals surface area contributed by atoms with Gasteiger partial charge in [0.15, 0.2) is 0 Å². The number of benzene rings is 1. The molecule has 0 unspecified atom stereocenters. The van der Waals surface area contributed by atoms with Crippen molar-refractivity contribution in [3.8, 4) is 0 Å². The minimum Gasteiger partial charge on any atom is -0.364 e. The third-order valence-electron chi connectivity index (χ3n) is 5.31. The molecular weight excluding hydrogens is 390 g/mol. The number of ether oxygens (including phenoxy) is 1. The lowest BCUT2D eigenvalue weighted by Crippen LogP contribution is -2.52. The predicted octanol–water partition coefficient (Wildman–Crippen LogP) is 1.06. The van der Waals surface area contributed by atoms with Gasteiger partial charge in [0.05, 0.1) is 11.0 Å². The number of piperazine rings is 1. The molecule has 0 radical (unpaired) electrons. The molecular formula is C18H28ClN3O4S. The van der Waals surface area contributed by atoms with Crippen LogP contribution in [-0.4, -0.2) is 68.5 Å². The summed E-state index contributed by atoms with van der Waals surface area (Å²) in [5, 5.41) is 0. The van der Waals surface area contributed by atoms with Crippen molar-refractivity contribution in [2.24, 2.45) is 5.73 Å². The van der Waals surface area contributed by atoms with Crippen molar-refractivity contribution >= 4 is 28.3 Å². The highest BCUT2D eigenvalue weighted by atomic mass is 35.5. The molecule has 27 heavy (non-hydrogen) atoms. The quantitative estimate of drug-likeness (QED) is 0.790. The Kier molecular flexibility index (Phi) is 7.27. The van der Waals surface area contributed by atoms with Crippen molar-refractivity contribution in [3.05, 3.63) is 29.3 Å². The van der Waals surface area contributed by atoms with Crippen molar-refractivity contribution in [2.75, 3.05) is 32.7 Å². The number of nitrogens with two attached hydrogens (primary N) is 1. The van der Waals surface area contributed by atoms with Crippen LogP contribution in [0.1, 0.15) is 24.0 Å². The number of rotatable bonds is 4. The minimum atomic E-state index is -3.53. The molecule has 2 aliphatic rings. The topological polar surface area (TPSA) is 92.9 Å². The maximum Gasteiger partial charge on any atom is 0.251 e. The first kappa shape index (κ1) is 22.1. The molecule has 2 saturated heterocycles. The molecule has 9 heteroatoms. The second-order valence-corrected chi connectivity index (χ2v) is 8.97. The summed E-state index contributed by atoms with van der Waals surface area (Å²) in [5.41, 5.74) is 7.61. The molecule has 0 aromatic heterocycles. The van der Waals surface area contributed by atoms with Gasteiger partial charge in [-0.3, -0.25) is 4.79 Å². The van der Waals surface area contributed by atoms with Gasteiger partial charge in [-0.15, -0.1) is 12.4 Å². The lowest BCUT2D eigenvalue weighted by atomic mass is 10.1. The van der Waals surface area contributed by atoms with E-state index < -0.39 is 16.1 Å². The number of amides is 1. The summed E-state index contributed by atoms with van der Waals surface area (Å²) in [6, 6.07) is 5.18. The third-order valence-corrected chi connectivity index (χ3v) is 7.21. The molecule has 2 atom stereocenters. The van der Waals surface area contributed by atoms with Crippen LogP contribution >= 0.6 is 12.4 Å². The number of aryl methyl sites for hydroxylation is 2. The van der Waals surface area contributed by atoms with Crippen LogP contribution < -0.4 is 5.73 Å². The Morgan fingerprint density at radius 2 is 1.81 bits per heavy atom. The van der Waals surface area contributed by atoms with Gasteiger partial charge in [-0.2, -0.15) is 4.31 Å². The third kappa shape index (κ3) is 4.63. The number of hydrogen-bond acceptors (Lipinski definition) is 5. The first-order valence-electron chi connectivity index (χ1n) is 9.04. The van der Waals surface area contributed by atoms with E-state index in [-0.39, 0.29) is 24.4 Å². The maximum atomic E-state index is 12.8. The van der Waals surface area contributed by atoms with E-state index in [4.69, 9.17) is 10.5 Å². The molecule has 1 amide bonds. The Hall–Kier alpha value is -1.19. The summed E-state index contributed by atoms with van der Waals surface area (Å²) in [4.78, 5) is 14.6. The van der Waals surface area contributed by atoms with Crippen LogP contribution in [0.25, 0.3) is 0 Å². The van der Waals surface area contributed by atoms with E-state index in [1.807, 2.05) is 19.9 Å². The smallest absolute Gasteiger partial charge is 0.251 e. The van der Waals surface area contributed by atoms with Crippen molar-refractivity contribution in [3.63, 3.8) is 0 Å². The molecule has 0 spiro atoms. The molecule has 2 heterocycles. The van der Waals surface area contributed by atoms with E-state index in [1.165, 1.54) is 4.31 Å². The van der Waals surface area contributed by atoms with Gasteiger partial charge in [0, 0.05) is 32.7 Å². The molecule has 0 saturated carbocycles. The molecule has 152 valence electrons. The van der Waals surface area contributed by atoms with Crippen molar-refractivity contribution in [1.29, 1.82) is 0 Å². The zero-order valence-corrected chi connectivity index (χ0v) is 17.4. The van der Waals surface area contributed by atoms with Gasteiger partial charge in [0.2, 0.25) is 10.0 Å². The van der Waals surface area contributed by atoms with Gasteiger partial charge in [-0.1, -0.05) is 6.07 Å². The molecule has 7 nitrogen and oxygen atoms in total. The number of carbonyl (C=O) groups excluding carboxylic acids is 1. The number of halogens is 1. The van der Waals surface area contributed by atoms with Gasteiger partial charge in [-0.05, 0) is 49.9 Å². The van der Waals surface area contributed by atoms with Crippen LogP contribution in [0, 0.1) is 13.8 Å². The number of sulfonamides is 1. The number of nitrogens with zero attached hydrogens (tertiary/aromatic N) is 2. The van der Waals surface area contributed by atoms with E-state index in [2.05, 4.69) is 0 Å². The van der Waals surface area contributed by atoms with E-state index in [0.717, 1.165) is 17.5 Å². The zero-order chi connectivity index (χ0) is 18.9. The van der Waals surface area contributed by atoms with Gasteiger partial charge >= 0.3 is 0 Å². The molecule has 2 fully saturated rings. The molecule has 1 aromatic carbocycles. The van der Waals surface area contributed by atoms with Crippen LogP contribution in [0.15, 0.2) is 23.1 Å². The predicted molar refractivity (Wildman–Crippen MR) is 105 cm³/mol. The second kappa shape index (κ2) is 8.87. The highest BCUT2D eigenvalue weighted by Crippen LogP contribution is 2.23. The van der Waals surface area contributed by atoms with Crippen LogP contribution in [0.4, 0.5) is 0 Å². The Morgan fingerprint density at radius 3 is 2.37 bits per heavy atom. The lowest BCUT2D eigenvalue weighted by molar-refractivity contribution is -0.143. The van der Waals surface area contributed by atoms with Crippen molar-refractivity contribution in [2.45, 2.75) is 43.8 Å². The average molecular weight is 418 g/mol. The van der Waals surface area contributed by atoms with Crippen LogP contribution in [0.2, 0.25) is 0 Å². The molecule has 1 aromatic rings. The fourth-order valence-electron chi connectivity index (χ4n) is 3.44. The van der Waals surface area contributed by atoms with Crippen LogP contribution in [0.3, 0.4) is 0 Å². The highest BCUT2D eigenvalue weighted by molar-refractivity contribution is 7.89. The first-order valence-corrected chi connectivity index (χ1v) is 10.5. The summed E-state index contributed by atoms with van der Waals surface area (Å²) < 4.78 is 32.8. The lowest BCUT2D eigenvalue weighted by Gasteiger charge is -2.35.